The number of nitrogens with one attached hydrogen (secondary N) is 1. The van der Waals surface area contributed by atoms with Gasteiger partial charge in [-0.05, 0) is 37.6 Å². The van der Waals surface area contributed by atoms with E-state index in [2.05, 4.69) is 10.4 Å². The van der Waals surface area contributed by atoms with E-state index in [-0.39, 0.29) is 30.1 Å². The van der Waals surface area contributed by atoms with Crippen LogP contribution in [0.15, 0.2) is 36.5 Å². The molecular weight excluding hydrogens is 323 g/mol. The minimum absolute atomic E-state index is 0.0315. The molecule has 24 heavy (non-hydrogen) atoms. The van der Waals surface area contributed by atoms with Crippen LogP contribution in [0.5, 0.6) is 5.75 Å². The number of amides is 1. The molecule has 1 aromatic carbocycles. The second kappa shape index (κ2) is 7.37. The van der Waals surface area contributed by atoms with Gasteiger partial charge in [-0.25, -0.2) is 4.68 Å². The van der Waals surface area contributed by atoms with Crippen LogP contribution >= 0.6 is 0 Å². The van der Waals surface area contributed by atoms with Crippen molar-refractivity contribution in [3.05, 3.63) is 47.8 Å². The maximum atomic E-state index is 12.6. The lowest BCUT2D eigenvalue weighted by Gasteiger charge is -2.10. The molecule has 0 spiro atoms. The Balaban J connectivity index is 1.97. The van der Waals surface area contributed by atoms with E-state index in [0.717, 1.165) is 18.6 Å². The van der Waals surface area contributed by atoms with Gasteiger partial charge in [0.05, 0.1) is 5.56 Å². The van der Waals surface area contributed by atoms with Gasteiger partial charge in [-0.15, -0.1) is 0 Å². The van der Waals surface area contributed by atoms with Crippen molar-refractivity contribution in [1.82, 2.24) is 15.1 Å². The number of halogens is 3. The molecule has 0 aliphatic rings. The Kier molecular flexibility index (Phi) is 5.48. The van der Waals surface area contributed by atoms with Crippen LogP contribution in [0.4, 0.5) is 13.2 Å². The monoisotopic (exact) mass is 341 g/mol. The maximum absolute atomic E-state index is 12.6. The second-order valence-corrected chi connectivity index (χ2v) is 5.32. The quantitative estimate of drug-likeness (QED) is 0.875. The Morgan fingerprint density at radius 2 is 2.12 bits per heavy atom. The van der Waals surface area contributed by atoms with Gasteiger partial charge >= 0.3 is 6.18 Å². The fourth-order valence-corrected chi connectivity index (χ4v) is 1.86. The van der Waals surface area contributed by atoms with Crippen LogP contribution in [0.3, 0.4) is 0 Å². The summed E-state index contributed by atoms with van der Waals surface area (Å²) in [5, 5.41) is 6.82. The highest BCUT2D eigenvalue weighted by molar-refractivity contribution is 5.92. The highest BCUT2D eigenvalue weighted by Gasteiger charge is 2.30. The third kappa shape index (κ3) is 4.74. The van der Waals surface area contributed by atoms with Gasteiger partial charge in [-0.1, -0.05) is 13.0 Å². The number of nitrogens with zero attached hydrogens (tertiary/aromatic N) is 2. The number of carbonyl (C=O) groups excluding carboxylic acids is 1. The van der Waals surface area contributed by atoms with Crippen molar-refractivity contribution in [2.45, 2.75) is 39.2 Å². The number of benzene rings is 1. The average Bonchev–Trinajstić information content (AvgIpc) is 3.01. The molecule has 2 rings (SSSR count). The summed E-state index contributed by atoms with van der Waals surface area (Å²) < 4.78 is 44.5. The van der Waals surface area contributed by atoms with Gasteiger partial charge in [0.15, 0.2) is 6.73 Å². The molecule has 1 unspecified atom stereocenters. The highest BCUT2D eigenvalue weighted by atomic mass is 19.4. The first kappa shape index (κ1) is 17.8. The van der Waals surface area contributed by atoms with Gasteiger partial charge in [0.2, 0.25) is 0 Å². The fraction of sp³-hybridized carbons (Fsp3) is 0.375. The first-order valence-electron chi connectivity index (χ1n) is 7.44. The molecule has 0 saturated carbocycles. The lowest BCUT2D eigenvalue weighted by molar-refractivity contribution is -0.137. The SMILES string of the molecule is CCC(C)NC(=O)c1ccn(COc2cccc(C(F)(F)F)c2)n1. The molecular formula is C16H18F3N3O2. The Morgan fingerprint density at radius 3 is 2.79 bits per heavy atom. The zero-order valence-corrected chi connectivity index (χ0v) is 13.3. The van der Waals surface area contributed by atoms with Crippen molar-refractivity contribution < 1.29 is 22.7 Å². The van der Waals surface area contributed by atoms with Gasteiger partial charge < -0.3 is 10.1 Å². The molecule has 1 amide bonds. The van der Waals surface area contributed by atoms with Crippen molar-refractivity contribution in [3.63, 3.8) is 0 Å². The summed E-state index contributed by atoms with van der Waals surface area (Å²) in [5.41, 5.74) is -0.558. The van der Waals surface area contributed by atoms with Crippen molar-refractivity contribution in [2.75, 3.05) is 0 Å². The maximum Gasteiger partial charge on any atom is 0.416 e. The molecule has 0 saturated heterocycles. The molecule has 2 aromatic rings. The van der Waals surface area contributed by atoms with E-state index in [1.165, 1.54) is 29.1 Å². The molecule has 8 heteroatoms. The first-order valence-corrected chi connectivity index (χ1v) is 7.44. The lowest BCUT2D eigenvalue weighted by Crippen LogP contribution is -2.32. The van der Waals surface area contributed by atoms with E-state index in [4.69, 9.17) is 4.74 Å². The zero-order valence-electron chi connectivity index (χ0n) is 13.3. The number of ether oxygens (including phenoxy) is 1. The predicted octanol–water partition coefficient (Wildman–Crippen LogP) is 3.47. The molecule has 130 valence electrons. The highest BCUT2D eigenvalue weighted by Crippen LogP contribution is 2.31. The number of carbonyl (C=O) groups is 1. The summed E-state index contributed by atoms with van der Waals surface area (Å²) in [6.07, 6.45) is -2.10. The van der Waals surface area contributed by atoms with Gasteiger partial charge in [0.1, 0.15) is 11.4 Å². The normalized spacial score (nSPS) is 12.7. The van der Waals surface area contributed by atoms with Crippen molar-refractivity contribution in [3.8, 4) is 5.75 Å². The van der Waals surface area contributed by atoms with Gasteiger partial charge in [-0.3, -0.25) is 4.79 Å². The van der Waals surface area contributed by atoms with E-state index >= 15 is 0 Å². The van der Waals surface area contributed by atoms with E-state index in [1.54, 1.807) is 0 Å². The van der Waals surface area contributed by atoms with Crippen molar-refractivity contribution >= 4 is 5.91 Å². The van der Waals surface area contributed by atoms with Crippen LogP contribution < -0.4 is 10.1 Å². The Hall–Kier alpha value is -2.51. The standard InChI is InChI=1S/C16H18F3N3O2/c1-3-11(2)20-15(23)14-7-8-22(21-14)10-24-13-6-4-5-12(9-13)16(17,18)19/h4-9,11H,3,10H2,1-2H3,(H,20,23). The summed E-state index contributed by atoms with van der Waals surface area (Å²) in [5.74, 6) is -0.229. The van der Waals surface area contributed by atoms with Crippen LogP contribution in [-0.2, 0) is 12.9 Å². The molecule has 0 fully saturated rings. The van der Waals surface area contributed by atoms with E-state index < -0.39 is 11.7 Å². The smallest absolute Gasteiger partial charge is 0.416 e. The minimum Gasteiger partial charge on any atom is -0.471 e. The van der Waals surface area contributed by atoms with Crippen LogP contribution in [0.25, 0.3) is 0 Å². The molecule has 1 atom stereocenters. The third-order valence-electron chi connectivity index (χ3n) is 3.39. The van der Waals surface area contributed by atoms with Gasteiger partial charge in [-0.2, -0.15) is 18.3 Å². The molecule has 0 radical (unpaired) electrons. The minimum atomic E-state index is -4.42. The number of alkyl halides is 3. The van der Waals surface area contributed by atoms with Crippen LogP contribution in [0.1, 0.15) is 36.3 Å². The molecule has 1 heterocycles. The Labute approximate surface area is 137 Å². The average molecular weight is 341 g/mol. The molecule has 0 bridgehead atoms. The molecule has 1 aromatic heterocycles. The summed E-state index contributed by atoms with van der Waals surface area (Å²) in [6, 6.07) is 6.14. The Morgan fingerprint density at radius 1 is 1.38 bits per heavy atom. The second-order valence-electron chi connectivity index (χ2n) is 5.32. The van der Waals surface area contributed by atoms with E-state index in [9.17, 15) is 18.0 Å². The van der Waals surface area contributed by atoms with Crippen LogP contribution in [-0.4, -0.2) is 21.7 Å². The number of rotatable bonds is 6. The van der Waals surface area contributed by atoms with E-state index in [1.807, 2.05) is 13.8 Å². The van der Waals surface area contributed by atoms with Gasteiger partial charge in [0, 0.05) is 12.2 Å². The predicted molar refractivity (Wildman–Crippen MR) is 81.5 cm³/mol. The fourth-order valence-electron chi connectivity index (χ4n) is 1.86. The summed E-state index contributed by atoms with van der Waals surface area (Å²) >= 11 is 0. The molecule has 5 nitrogen and oxygen atoms in total. The Bertz CT molecular complexity index is 698. The number of hydrogen-bond donors (Lipinski definition) is 1. The largest absolute Gasteiger partial charge is 0.471 e. The van der Waals surface area contributed by atoms with E-state index in [0.29, 0.717) is 0 Å². The third-order valence-corrected chi connectivity index (χ3v) is 3.39. The molecule has 0 aliphatic heterocycles. The van der Waals surface area contributed by atoms with Crippen LogP contribution in [0, 0.1) is 0 Å². The number of aromatic nitrogens is 2. The van der Waals surface area contributed by atoms with Crippen LogP contribution in [0.2, 0.25) is 0 Å². The summed E-state index contributed by atoms with van der Waals surface area (Å²) in [6.45, 7) is 3.73. The van der Waals surface area contributed by atoms with Gasteiger partial charge in [0.25, 0.3) is 5.91 Å². The topological polar surface area (TPSA) is 56.2 Å². The van der Waals surface area contributed by atoms with Crippen molar-refractivity contribution in [1.29, 1.82) is 0 Å². The summed E-state index contributed by atoms with van der Waals surface area (Å²) in [4.78, 5) is 11.9. The van der Waals surface area contributed by atoms with Crippen molar-refractivity contribution in [2.24, 2.45) is 0 Å². The molecule has 1 N–H and O–H groups in total. The summed E-state index contributed by atoms with van der Waals surface area (Å²) in [7, 11) is 0. The first-order chi connectivity index (χ1) is 11.3. The number of hydrogen-bond acceptors (Lipinski definition) is 3. The zero-order chi connectivity index (χ0) is 17.7. The lowest BCUT2D eigenvalue weighted by atomic mass is 10.2. The molecule has 0 aliphatic carbocycles.